The monoisotopic (exact) mass is 349 g/mol. The summed E-state index contributed by atoms with van der Waals surface area (Å²) in [4.78, 5) is 14.3. The van der Waals surface area contributed by atoms with Crippen LogP contribution in [0.15, 0.2) is 48.5 Å². The summed E-state index contributed by atoms with van der Waals surface area (Å²) in [7, 11) is 0. The Morgan fingerprint density at radius 3 is 2.28 bits per heavy atom. The summed E-state index contributed by atoms with van der Waals surface area (Å²) in [6.45, 7) is 1.45. The average molecular weight is 349 g/mol. The number of rotatable bonds is 1. The Balaban J connectivity index is 1.84. The lowest BCUT2D eigenvalue weighted by Crippen LogP contribution is -2.25. The number of amides is 1. The van der Waals surface area contributed by atoms with Gasteiger partial charge in [0.2, 0.25) is 0 Å². The highest BCUT2D eigenvalue weighted by Crippen LogP contribution is 2.24. The van der Waals surface area contributed by atoms with Gasteiger partial charge in [-0.25, -0.2) is 0 Å². The third kappa shape index (κ3) is 2.14. The van der Waals surface area contributed by atoms with Gasteiger partial charge in [-0.1, -0.05) is 30.3 Å². The van der Waals surface area contributed by atoms with Crippen LogP contribution in [0.1, 0.15) is 21.5 Å². The number of nitrogens with zero attached hydrogens (tertiary/aromatic N) is 1. The molecular weight excluding hydrogens is 337 g/mol. The second kappa shape index (κ2) is 4.72. The van der Waals surface area contributed by atoms with Crippen molar-refractivity contribution in [2.24, 2.45) is 0 Å². The van der Waals surface area contributed by atoms with E-state index in [0.29, 0.717) is 0 Å². The Bertz CT molecular complexity index is 584. The zero-order valence-electron chi connectivity index (χ0n) is 9.77. The summed E-state index contributed by atoms with van der Waals surface area (Å²) >= 11 is 2.23. The fourth-order valence-corrected chi connectivity index (χ4v) is 2.82. The van der Waals surface area contributed by atoms with E-state index in [1.807, 2.05) is 41.3 Å². The van der Waals surface area contributed by atoms with Crippen molar-refractivity contribution >= 4 is 28.5 Å². The molecule has 1 amide bonds. The molecule has 1 aliphatic rings. The lowest BCUT2D eigenvalue weighted by atomic mass is 10.1. The fraction of sp³-hybridized carbons (Fsp3) is 0.133. The molecule has 18 heavy (non-hydrogen) atoms. The van der Waals surface area contributed by atoms with Gasteiger partial charge in [0.1, 0.15) is 0 Å². The molecule has 3 heteroatoms. The maximum absolute atomic E-state index is 12.4. The molecule has 0 saturated heterocycles. The van der Waals surface area contributed by atoms with E-state index in [9.17, 15) is 4.79 Å². The number of fused-ring (bicyclic) bond motifs is 1. The summed E-state index contributed by atoms with van der Waals surface area (Å²) < 4.78 is 1.09. The third-order valence-corrected chi connectivity index (χ3v) is 3.87. The van der Waals surface area contributed by atoms with Crippen LogP contribution in [0.2, 0.25) is 0 Å². The number of carbonyl (C=O) groups excluding carboxylic acids is 1. The summed E-state index contributed by atoms with van der Waals surface area (Å²) in [6.07, 6.45) is 0. The van der Waals surface area contributed by atoms with E-state index in [1.54, 1.807) is 0 Å². The Morgan fingerprint density at radius 1 is 1.00 bits per heavy atom. The molecule has 2 aromatic rings. The van der Waals surface area contributed by atoms with Crippen LogP contribution < -0.4 is 0 Å². The Hall–Kier alpha value is -1.36. The molecule has 2 nitrogen and oxygen atoms in total. The van der Waals surface area contributed by atoms with Crippen molar-refractivity contribution in [2.75, 3.05) is 0 Å². The van der Waals surface area contributed by atoms with Crippen LogP contribution in [-0.4, -0.2) is 10.8 Å². The van der Waals surface area contributed by atoms with Crippen LogP contribution in [-0.2, 0) is 13.1 Å². The van der Waals surface area contributed by atoms with Crippen molar-refractivity contribution in [2.45, 2.75) is 13.1 Å². The quantitative estimate of drug-likeness (QED) is 0.723. The molecule has 0 radical (unpaired) electrons. The number of hydrogen-bond donors (Lipinski definition) is 0. The van der Waals surface area contributed by atoms with Crippen LogP contribution in [0.3, 0.4) is 0 Å². The molecule has 0 aromatic heterocycles. The second-order valence-electron chi connectivity index (χ2n) is 4.44. The summed E-state index contributed by atoms with van der Waals surface area (Å²) in [5, 5.41) is 0. The van der Waals surface area contributed by atoms with Gasteiger partial charge in [0.05, 0.1) is 0 Å². The maximum Gasteiger partial charge on any atom is 0.254 e. The van der Waals surface area contributed by atoms with E-state index in [0.717, 1.165) is 22.2 Å². The van der Waals surface area contributed by atoms with Crippen molar-refractivity contribution in [3.63, 3.8) is 0 Å². The molecule has 0 N–H and O–H groups in total. The molecule has 0 saturated carbocycles. The predicted octanol–water partition coefficient (Wildman–Crippen LogP) is 3.45. The van der Waals surface area contributed by atoms with E-state index in [2.05, 4.69) is 34.7 Å². The minimum atomic E-state index is 0.115. The van der Waals surface area contributed by atoms with Gasteiger partial charge in [-0.05, 0) is 51.9 Å². The molecule has 1 heterocycles. The SMILES string of the molecule is O=C(c1cccc(I)c1)N1Cc2ccccc2C1. The van der Waals surface area contributed by atoms with Crippen LogP contribution in [0.4, 0.5) is 0 Å². The van der Waals surface area contributed by atoms with Crippen molar-refractivity contribution in [3.8, 4) is 0 Å². The number of benzene rings is 2. The van der Waals surface area contributed by atoms with Crippen molar-refractivity contribution in [3.05, 3.63) is 68.8 Å². The normalized spacial score (nSPS) is 13.5. The van der Waals surface area contributed by atoms with Crippen LogP contribution in [0.25, 0.3) is 0 Å². The van der Waals surface area contributed by atoms with Crippen LogP contribution in [0, 0.1) is 3.57 Å². The zero-order chi connectivity index (χ0) is 12.5. The van der Waals surface area contributed by atoms with E-state index in [1.165, 1.54) is 11.1 Å². The first-order chi connectivity index (χ1) is 8.74. The molecule has 1 aliphatic heterocycles. The van der Waals surface area contributed by atoms with E-state index in [4.69, 9.17) is 0 Å². The van der Waals surface area contributed by atoms with E-state index < -0.39 is 0 Å². The van der Waals surface area contributed by atoms with Crippen molar-refractivity contribution < 1.29 is 4.79 Å². The number of halogens is 1. The molecule has 0 fully saturated rings. The van der Waals surface area contributed by atoms with E-state index >= 15 is 0 Å². The molecule has 3 rings (SSSR count). The van der Waals surface area contributed by atoms with Gasteiger partial charge in [0.25, 0.3) is 5.91 Å². The highest BCUT2D eigenvalue weighted by molar-refractivity contribution is 14.1. The summed E-state index contributed by atoms with van der Waals surface area (Å²) in [5.74, 6) is 0.115. The minimum Gasteiger partial charge on any atom is -0.330 e. The third-order valence-electron chi connectivity index (χ3n) is 3.20. The highest BCUT2D eigenvalue weighted by atomic mass is 127. The molecule has 0 spiro atoms. The standard InChI is InChI=1S/C15H12INO/c16-14-7-3-6-11(8-14)15(18)17-9-12-4-1-2-5-13(12)10-17/h1-8H,9-10H2. The Kier molecular flexibility index (Phi) is 3.07. The van der Waals surface area contributed by atoms with Crippen molar-refractivity contribution in [1.82, 2.24) is 4.90 Å². The molecular formula is C15H12INO. The van der Waals surface area contributed by atoms with Gasteiger partial charge in [-0.15, -0.1) is 0 Å². The minimum absolute atomic E-state index is 0.115. The van der Waals surface area contributed by atoms with Gasteiger partial charge < -0.3 is 4.90 Å². The molecule has 90 valence electrons. The first-order valence-electron chi connectivity index (χ1n) is 5.85. The maximum atomic E-state index is 12.4. The lowest BCUT2D eigenvalue weighted by Gasteiger charge is -2.15. The Labute approximate surface area is 120 Å². The summed E-state index contributed by atoms with van der Waals surface area (Å²) in [6, 6.07) is 16.0. The molecule has 0 bridgehead atoms. The largest absolute Gasteiger partial charge is 0.330 e. The predicted molar refractivity (Wildman–Crippen MR) is 79.2 cm³/mol. The molecule has 0 atom stereocenters. The average Bonchev–Trinajstić information content (AvgIpc) is 2.81. The number of carbonyl (C=O) groups is 1. The number of hydrogen-bond acceptors (Lipinski definition) is 1. The van der Waals surface area contributed by atoms with Gasteiger partial charge in [-0.3, -0.25) is 4.79 Å². The lowest BCUT2D eigenvalue weighted by molar-refractivity contribution is 0.0751. The highest BCUT2D eigenvalue weighted by Gasteiger charge is 2.23. The molecule has 0 aliphatic carbocycles. The first kappa shape index (κ1) is 11.7. The zero-order valence-corrected chi connectivity index (χ0v) is 11.9. The van der Waals surface area contributed by atoms with Gasteiger partial charge >= 0.3 is 0 Å². The summed E-state index contributed by atoms with van der Waals surface area (Å²) in [5.41, 5.74) is 3.29. The van der Waals surface area contributed by atoms with Crippen LogP contribution >= 0.6 is 22.6 Å². The van der Waals surface area contributed by atoms with Gasteiger partial charge in [0.15, 0.2) is 0 Å². The fourth-order valence-electron chi connectivity index (χ4n) is 2.28. The molecule has 0 unspecified atom stereocenters. The van der Waals surface area contributed by atoms with Gasteiger partial charge in [0, 0.05) is 22.2 Å². The topological polar surface area (TPSA) is 20.3 Å². The molecule has 2 aromatic carbocycles. The second-order valence-corrected chi connectivity index (χ2v) is 5.69. The Morgan fingerprint density at radius 2 is 1.67 bits per heavy atom. The van der Waals surface area contributed by atoms with E-state index in [-0.39, 0.29) is 5.91 Å². The smallest absolute Gasteiger partial charge is 0.254 e. The van der Waals surface area contributed by atoms with Crippen molar-refractivity contribution in [1.29, 1.82) is 0 Å². The van der Waals surface area contributed by atoms with Gasteiger partial charge in [-0.2, -0.15) is 0 Å². The first-order valence-corrected chi connectivity index (χ1v) is 6.93. The van der Waals surface area contributed by atoms with Crippen LogP contribution in [0.5, 0.6) is 0 Å².